The normalized spacial score (nSPS) is 14.1. The van der Waals surface area contributed by atoms with E-state index in [-0.39, 0.29) is 30.2 Å². The molecule has 0 aliphatic carbocycles. The Balaban J connectivity index is 0.00000380. The summed E-state index contributed by atoms with van der Waals surface area (Å²) in [6.07, 6.45) is 5.31. The number of benzene rings is 3. The standard InChI is InChI=1S/C29H32N2O5.ClH/c1-31-16-14-23(15-17-31)36-25-8-5-7-24(19-25)35-20-22-6-3-4-9-26(22)30-29(33)13-11-21-10-12-28(34-2)27(32)18-21;/h3-13,18-19,23,32H,14-17,20H2,1-2H3,(H,30,33);1H/b13-11+;. The average molecular weight is 525 g/mol. The van der Waals surface area contributed by atoms with E-state index in [1.165, 1.54) is 19.3 Å². The Hall–Kier alpha value is -3.68. The number of rotatable bonds is 9. The highest BCUT2D eigenvalue weighted by atomic mass is 35.5. The predicted octanol–water partition coefficient (Wildman–Crippen LogP) is 5.53. The fourth-order valence-electron chi connectivity index (χ4n) is 4.02. The fourth-order valence-corrected chi connectivity index (χ4v) is 4.02. The van der Waals surface area contributed by atoms with Crippen molar-refractivity contribution in [2.24, 2.45) is 0 Å². The van der Waals surface area contributed by atoms with Crippen LogP contribution in [0.15, 0.2) is 72.8 Å². The van der Waals surface area contributed by atoms with Crippen LogP contribution in [0.1, 0.15) is 24.0 Å². The molecule has 0 aromatic heterocycles. The smallest absolute Gasteiger partial charge is 0.248 e. The van der Waals surface area contributed by atoms with Crippen LogP contribution in [0.2, 0.25) is 0 Å². The van der Waals surface area contributed by atoms with Crippen LogP contribution in [0, 0.1) is 0 Å². The van der Waals surface area contributed by atoms with Gasteiger partial charge < -0.3 is 29.5 Å². The molecule has 2 N–H and O–H groups in total. The number of anilines is 1. The van der Waals surface area contributed by atoms with Crippen molar-refractivity contribution in [3.05, 3.63) is 83.9 Å². The van der Waals surface area contributed by atoms with Crippen LogP contribution in [0.25, 0.3) is 6.08 Å². The van der Waals surface area contributed by atoms with Gasteiger partial charge in [0, 0.05) is 36.5 Å². The van der Waals surface area contributed by atoms with Crippen LogP contribution in [-0.2, 0) is 11.4 Å². The second-order valence-corrected chi connectivity index (χ2v) is 8.80. The van der Waals surface area contributed by atoms with Crippen LogP contribution >= 0.6 is 12.4 Å². The van der Waals surface area contributed by atoms with E-state index in [1.54, 1.807) is 18.2 Å². The molecule has 0 bridgehead atoms. The zero-order valence-electron chi connectivity index (χ0n) is 21.1. The molecular weight excluding hydrogens is 492 g/mol. The van der Waals surface area contributed by atoms with E-state index in [2.05, 4.69) is 17.3 Å². The number of nitrogens with zero attached hydrogens (tertiary/aromatic N) is 1. The van der Waals surface area contributed by atoms with Gasteiger partial charge in [0.1, 0.15) is 24.2 Å². The molecule has 0 radical (unpaired) electrons. The number of nitrogens with one attached hydrogen (secondary N) is 1. The van der Waals surface area contributed by atoms with E-state index < -0.39 is 0 Å². The molecule has 8 heteroatoms. The molecule has 4 rings (SSSR count). The first-order valence-corrected chi connectivity index (χ1v) is 12.0. The highest BCUT2D eigenvalue weighted by Crippen LogP contribution is 2.27. The first-order chi connectivity index (χ1) is 17.5. The van der Waals surface area contributed by atoms with E-state index in [4.69, 9.17) is 14.2 Å². The average Bonchev–Trinajstić information content (AvgIpc) is 2.89. The number of piperidine rings is 1. The number of amides is 1. The van der Waals surface area contributed by atoms with Crippen molar-refractivity contribution in [1.82, 2.24) is 4.90 Å². The Labute approximate surface area is 224 Å². The number of hydrogen-bond acceptors (Lipinski definition) is 6. The van der Waals surface area contributed by atoms with Crippen molar-refractivity contribution in [2.75, 3.05) is 32.6 Å². The third-order valence-electron chi connectivity index (χ3n) is 6.07. The molecule has 1 heterocycles. The molecule has 1 fully saturated rings. The minimum Gasteiger partial charge on any atom is -0.504 e. The zero-order chi connectivity index (χ0) is 25.3. The number of phenolic OH excluding ortho intramolecular Hbond substituents is 1. The summed E-state index contributed by atoms with van der Waals surface area (Å²) in [5.74, 6) is 1.62. The number of carbonyl (C=O) groups is 1. The molecule has 1 amide bonds. The Morgan fingerprint density at radius 2 is 1.81 bits per heavy atom. The van der Waals surface area contributed by atoms with Crippen molar-refractivity contribution in [3.63, 3.8) is 0 Å². The summed E-state index contributed by atoms with van der Waals surface area (Å²) >= 11 is 0. The molecule has 1 saturated heterocycles. The Kier molecular flexibility index (Phi) is 10.2. The summed E-state index contributed by atoms with van der Waals surface area (Å²) in [5, 5.41) is 12.8. The molecular formula is C29H33ClN2O5. The highest BCUT2D eigenvalue weighted by molar-refractivity contribution is 6.02. The van der Waals surface area contributed by atoms with Crippen LogP contribution in [0.5, 0.6) is 23.0 Å². The lowest BCUT2D eigenvalue weighted by Crippen LogP contribution is -2.35. The maximum absolute atomic E-state index is 12.5. The van der Waals surface area contributed by atoms with Gasteiger partial charge in [-0.3, -0.25) is 4.79 Å². The van der Waals surface area contributed by atoms with E-state index in [0.717, 1.165) is 37.2 Å². The summed E-state index contributed by atoms with van der Waals surface area (Å²) in [7, 11) is 3.62. The van der Waals surface area contributed by atoms with Gasteiger partial charge in [-0.2, -0.15) is 0 Å². The Morgan fingerprint density at radius 1 is 1.05 bits per heavy atom. The molecule has 0 spiro atoms. The van der Waals surface area contributed by atoms with Crippen LogP contribution in [-0.4, -0.2) is 49.3 Å². The van der Waals surface area contributed by atoms with Crippen LogP contribution < -0.4 is 19.5 Å². The van der Waals surface area contributed by atoms with Gasteiger partial charge in [0.15, 0.2) is 11.5 Å². The maximum atomic E-state index is 12.5. The zero-order valence-corrected chi connectivity index (χ0v) is 21.9. The number of para-hydroxylation sites is 1. The molecule has 0 saturated carbocycles. The van der Waals surface area contributed by atoms with E-state index in [1.807, 2.05) is 48.5 Å². The van der Waals surface area contributed by atoms with Gasteiger partial charge >= 0.3 is 0 Å². The van der Waals surface area contributed by atoms with Crippen LogP contribution in [0.4, 0.5) is 5.69 Å². The number of hydrogen-bond donors (Lipinski definition) is 2. The van der Waals surface area contributed by atoms with Crippen LogP contribution in [0.3, 0.4) is 0 Å². The van der Waals surface area contributed by atoms with Crippen molar-refractivity contribution in [2.45, 2.75) is 25.6 Å². The van der Waals surface area contributed by atoms with E-state index in [0.29, 0.717) is 29.4 Å². The third kappa shape index (κ3) is 8.17. The first-order valence-electron chi connectivity index (χ1n) is 12.0. The van der Waals surface area contributed by atoms with Crippen molar-refractivity contribution in [1.29, 1.82) is 0 Å². The molecule has 0 atom stereocenters. The van der Waals surface area contributed by atoms with Gasteiger partial charge in [-0.15, -0.1) is 12.4 Å². The topological polar surface area (TPSA) is 80.3 Å². The molecule has 196 valence electrons. The van der Waals surface area contributed by atoms with Gasteiger partial charge in [0.25, 0.3) is 0 Å². The molecule has 0 unspecified atom stereocenters. The lowest BCUT2D eigenvalue weighted by molar-refractivity contribution is -0.111. The van der Waals surface area contributed by atoms with Gasteiger partial charge in [-0.25, -0.2) is 0 Å². The van der Waals surface area contributed by atoms with Gasteiger partial charge in [0.05, 0.1) is 7.11 Å². The summed E-state index contributed by atoms with van der Waals surface area (Å²) in [6, 6.07) is 20.1. The number of aromatic hydroxyl groups is 1. The molecule has 3 aromatic carbocycles. The van der Waals surface area contributed by atoms with Gasteiger partial charge in [-0.05, 0) is 61.9 Å². The van der Waals surface area contributed by atoms with Crippen molar-refractivity contribution in [3.8, 4) is 23.0 Å². The molecule has 7 nitrogen and oxygen atoms in total. The minimum atomic E-state index is -0.286. The number of likely N-dealkylation sites (tertiary alicyclic amines) is 1. The number of phenols is 1. The van der Waals surface area contributed by atoms with E-state index >= 15 is 0 Å². The first kappa shape index (κ1) is 27.9. The second-order valence-electron chi connectivity index (χ2n) is 8.80. The summed E-state index contributed by atoms with van der Waals surface area (Å²) in [4.78, 5) is 14.8. The third-order valence-corrected chi connectivity index (χ3v) is 6.07. The minimum absolute atomic E-state index is 0. The maximum Gasteiger partial charge on any atom is 0.248 e. The monoisotopic (exact) mass is 524 g/mol. The quantitative estimate of drug-likeness (QED) is 0.358. The molecule has 1 aliphatic heterocycles. The molecule has 37 heavy (non-hydrogen) atoms. The summed E-state index contributed by atoms with van der Waals surface area (Å²) in [6.45, 7) is 2.38. The number of halogens is 1. The Morgan fingerprint density at radius 3 is 2.57 bits per heavy atom. The predicted molar refractivity (Wildman–Crippen MR) is 148 cm³/mol. The van der Waals surface area contributed by atoms with E-state index in [9.17, 15) is 9.90 Å². The largest absolute Gasteiger partial charge is 0.504 e. The molecule has 1 aliphatic rings. The summed E-state index contributed by atoms with van der Waals surface area (Å²) < 4.78 is 17.2. The second kappa shape index (κ2) is 13.6. The molecule has 3 aromatic rings. The number of carbonyl (C=O) groups excluding carboxylic acids is 1. The summed E-state index contributed by atoms with van der Waals surface area (Å²) in [5.41, 5.74) is 2.20. The highest BCUT2D eigenvalue weighted by Gasteiger charge is 2.18. The number of methoxy groups -OCH3 is 1. The van der Waals surface area contributed by atoms with Crippen molar-refractivity contribution < 1.29 is 24.1 Å². The van der Waals surface area contributed by atoms with Gasteiger partial charge in [0.2, 0.25) is 5.91 Å². The lowest BCUT2D eigenvalue weighted by Gasteiger charge is -2.29. The number of ether oxygens (including phenoxy) is 3. The Bertz CT molecular complexity index is 1210. The SMILES string of the molecule is COc1ccc(/C=C/C(=O)Nc2ccccc2COc2cccc(OC3CCN(C)CC3)c2)cc1O.Cl. The van der Waals surface area contributed by atoms with Gasteiger partial charge in [-0.1, -0.05) is 30.3 Å². The van der Waals surface area contributed by atoms with Crippen molar-refractivity contribution >= 4 is 30.1 Å². The fraction of sp³-hybridized carbons (Fsp3) is 0.276. The lowest BCUT2D eigenvalue weighted by atomic mass is 10.1.